The summed E-state index contributed by atoms with van der Waals surface area (Å²) in [5, 5.41) is 5.65. The number of para-hydroxylation sites is 1. The van der Waals surface area contributed by atoms with E-state index in [2.05, 4.69) is 10.6 Å². The number of fused-ring (bicyclic) bond motifs is 1. The normalized spacial score (nSPS) is 17.0. The number of rotatable bonds is 4. The minimum atomic E-state index is -3.29. The lowest BCUT2D eigenvalue weighted by Gasteiger charge is -2.26. The molecule has 1 heterocycles. The fourth-order valence-corrected chi connectivity index (χ4v) is 4.92. The van der Waals surface area contributed by atoms with Gasteiger partial charge in [-0.05, 0) is 54.4 Å². The largest absolute Gasteiger partial charge is 0.457 e. The summed E-state index contributed by atoms with van der Waals surface area (Å²) >= 11 is 0. The molecule has 3 aromatic rings. The molecular formula is C22H20N2O4S. The summed E-state index contributed by atoms with van der Waals surface area (Å²) in [6, 6.07) is 22.5. The van der Waals surface area contributed by atoms with E-state index in [-0.39, 0.29) is 17.8 Å². The van der Waals surface area contributed by atoms with Gasteiger partial charge in [0.05, 0.1) is 16.7 Å². The van der Waals surface area contributed by atoms with Crippen LogP contribution in [0, 0.1) is 0 Å². The maximum Gasteiger partial charge on any atom is 0.319 e. The number of anilines is 1. The first-order valence-corrected chi connectivity index (χ1v) is 10.9. The average Bonchev–Trinajstić information content (AvgIpc) is 2.73. The fourth-order valence-electron chi connectivity index (χ4n) is 3.30. The van der Waals surface area contributed by atoms with Crippen LogP contribution in [0.5, 0.6) is 11.5 Å². The summed E-state index contributed by atoms with van der Waals surface area (Å²) in [5.74, 6) is 1.41. The van der Waals surface area contributed by atoms with Crippen molar-refractivity contribution in [1.29, 1.82) is 0 Å². The Labute approximate surface area is 169 Å². The van der Waals surface area contributed by atoms with Gasteiger partial charge in [0.15, 0.2) is 9.84 Å². The van der Waals surface area contributed by atoms with Crippen LogP contribution >= 0.6 is 0 Å². The molecule has 4 rings (SSSR count). The first-order valence-electron chi connectivity index (χ1n) is 9.23. The second kappa shape index (κ2) is 7.97. The van der Waals surface area contributed by atoms with Gasteiger partial charge in [0.1, 0.15) is 11.5 Å². The van der Waals surface area contributed by atoms with Crippen LogP contribution in [0.1, 0.15) is 18.0 Å². The van der Waals surface area contributed by atoms with Gasteiger partial charge in [-0.15, -0.1) is 0 Å². The zero-order valence-corrected chi connectivity index (χ0v) is 16.4. The third-order valence-electron chi connectivity index (χ3n) is 4.70. The highest BCUT2D eigenvalue weighted by Gasteiger charge is 2.30. The van der Waals surface area contributed by atoms with Crippen molar-refractivity contribution in [3.8, 4) is 11.5 Å². The van der Waals surface area contributed by atoms with Crippen LogP contribution in [-0.2, 0) is 9.84 Å². The summed E-state index contributed by atoms with van der Waals surface area (Å²) in [6.07, 6.45) is 0.344. The lowest BCUT2D eigenvalue weighted by molar-refractivity contribution is 0.248. The monoisotopic (exact) mass is 408 g/mol. The number of urea groups is 1. The number of carbonyl (C=O) groups is 1. The molecule has 6 nitrogen and oxygen atoms in total. The lowest BCUT2D eigenvalue weighted by Crippen LogP contribution is -2.36. The molecule has 0 fully saturated rings. The van der Waals surface area contributed by atoms with Gasteiger partial charge in [-0.2, -0.15) is 0 Å². The molecule has 0 saturated carbocycles. The van der Waals surface area contributed by atoms with Crippen molar-refractivity contribution in [1.82, 2.24) is 5.32 Å². The van der Waals surface area contributed by atoms with Crippen molar-refractivity contribution in [2.24, 2.45) is 0 Å². The van der Waals surface area contributed by atoms with Crippen molar-refractivity contribution in [3.05, 3.63) is 84.4 Å². The predicted molar refractivity (Wildman–Crippen MR) is 111 cm³/mol. The molecule has 148 valence electrons. The van der Waals surface area contributed by atoms with Crippen molar-refractivity contribution in [3.63, 3.8) is 0 Å². The minimum Gasteiger partial charge on any atom is -0.457 e. The second-order valence-corrected chi connectivity index (χ2v) is 8.81. The van der Waals surface area contributed by atoms with E-state index in [0.717, 1.165) is 5.75 Å². The van der Waals surface area contributed by atoms with E-state index < -0.39 is 9.84 Å². The van der Waals surface area contributed by atoms with Crippen LogP contribution in [0.4, 0.5) is 10.5 Å². The number of carbonyl (C=O) groups excluding carboxylic acids is 1. The molecule has 1 aliphatic rings. The highest BCUT2D eigenvalue weighted by molar-refractivity contribution is 7.91. The summed E-state index contributed by atoms with van der Waals surface area (Å²) in [7, 11) is -3.29. The van der Waals surface area contributed by atoms with Crippen LogP contribution in [0.25, 0.3) is 0 Å². The smallest absolute Gasteiger partial charge is 0.319 e. The number of hydrogen-bond donors (Lipinski definition) is 2. The molecule has 0 spiro atoms. The Morgan fingerprint density at radius 2 is 1.52 bits per heavy atom. The molecule has 0 aromatic heterocycles. The molecule has 0 aliphatic carbocycles. The van der Waals surface area contributed by atoms with E-state index in [1.165, 1.54) is 0 Å². The average molecular weight is 408 g/mol. The molecular weight excluding hydrogens is 388 g/mol. The number of sulfone groups is 1. The van der Waals surface area contributed by atoms with E-state index in [0.29, 0.717) is 28.3 Å². The Morgan fingerprint density at radius 3 is 2.28 bits per heavy atom. The number of benzene rings is 3. The van der Waals surface area contributed by atoms with E-state index >= 15 is 0 Å². The van der Waals surface area contributed by atoms with Gasteiger partial charge >= 0.3 is 6.03 Å². The lowest BCUT2D eigenvalue weighted by atomic mass is 10.0. The van der Waals surface area contributed by atoms with Crippen LogP contribution in [-0.4, -0.2) is 20.2 Å². The van der Waals surface area contributed by atoms with E-state index in [9.17, 15) is 13.2 Å². The van der Waals surface area contributed by atoms with Gasteiger partial charge in [0.2, 0.25) is 0 Å². The molecule has 1 aliphatic heterocycles. The molecule has 0 radical (unpaired) electrons. The van der Waals surface area contributed by atoms with Crippen molar-refractivity contribution in [2.45, 2.75) is 17.4 Å². The van der Waals surface area contributed by atoms with Crippen molar-refractivity contribution >= 4 is 21.6 Å². The maximum atomic E-state index is 12.4. The summed E-state index contributed by atoms with van der Waals surface area (Å²) in [4.78, 5) is 12.7. The standard InChI is InChI=1S/C22H20N2O4S/c25-22(24-20-14-15-29(26,27)21-9-5-4-8-19(20)21)23-16-10-12-18(13-11-16)28-17-6-2-1-3-7-17/h1-13,20H,14-15H2,(H2,23,24,25). The molecule has 7 heteroatoms. The number of amides is 2. The van der Waals surface area contributed by atoms with Crippen LogP contribution in [0.2, 0.25) is 0 Å². The van der Waals surface area contributed by atoms with Gasteiger partial charge < -0.3 is 15.4 Å². The van der Waals surface area contributed by atoms with Gasteiger partial charge in [-0.3, -0.25) is 0 Å². The molecule has 29 heavy (non-hydrogen) atoms. The third-order valence-corrected chi connectivity index (χ3v) is 6.52. The predicted octanol–water partition coefficient (Wildman–Crippen LogP) is 4.52. The van der Waals surface area contributed by atoms with Crippen molar-refractivity contribution < 1.29 is 17.9 Å². The van der Waals surface area contributed by atoms with Gasteiger partial charge in [-0.1, -0.05) is 36.4 Å². The second-order valence-electron chi connectivity index (χ2n) is 6.74. The Hall–Kier alpha value is -3.32. The van der Waals surface area contributed by atoms with Crippen LogP contribution < -0.4 is 15.4 Å². The van der Waals surface area contributed by atoms with Gasteiger partial charge in [-0.25, -0.2) is 13.2 Å². The SMILES string of the molecule is O=C(Nc1ccc(Oc2ccccc2)cc1)NC1CCS(=O)(=O)c2ccccc21. The molecule has 0 bridgehead atoms. The van der Waals surface area contributed by atoms with E-state index in [4.69, 9.17) is 4.74 Å². The number of ether oxygens (including phenoxy) is 1. The Bertz CT molecular complexity index is 1110. The fraction of sp³-hybridized carbons (Fsp3) is 0.136. The molecule has 3 aromatic carbocycles. The quantitative estimate of drug-likeness (QED) is 0.665. The maximum absolute atomic E-state index is 12.4. The summed E-state index contributed by atoms with van der Waals surface area (Å²) < 4.78 is 30.2. The first kappa shape index (κ1) is 19.0. The molecule has 1 unspecified atom stereocenters. The molecule has 2 N–H and O–H groups in total. The molecule has 2 amide bonds. The van der Waals surface area contributed by atoms with Crippen LogP contribution in [0.15, 0.2) is 83.8 Å². The topological polar surface area (TPSA) is 84.5 Å². The summed E-state index contributed by atoms with van der Waals surface area (Å²) in [6.45, 7) is 0. The van der Waals surface area contributed by atoms with E-state index in [1.54, 1.807) is 48.5 Å². The Morgan fingerprint density at radius 1 is 0.862 bits per heavy atom. The van der Waals surface area contributed by atoms with Crippen LogP contribution in [0.3, 0.4) is 0 Å². The van der Waals surface area contributed by atoms with E-state index in [1.807, 2.05) is 30.3 Å². The third kappa shape index (κ3) is 4.41. The minimum absolute atomic E-state index is 0.0144. The zero-order valence-electron chi connectivity index (χ0n) is 15.5. The molecule has 0 saturated heterocycles. The highest BCUT2D eigenvalue weighted by Crippen LogP contribution is 2.32. The van der Waals surface area contributed by atoms with Gasteiger partial charge in [0.25, 0.3) is 0 Å². The Balaban J connectivity index is 1.40. The highest BCUT2D eigenvalue weighted by atomic mass is 32.2. The van der Waals surface area contributed by atoms with Crippen molar-refractivity contribution in [2.75, 3.05) is 11.1 Å². The molecule has 1 atom stereocenters. The summed E-state index contributed by atoms with van der Waals surface area (Å²) in [5.41, 5.74) is 1.24. The number of hydrogen-bond acceptors (Lipinski definition) is 4. The number of nitrogens with one attached hydrogen (secondary N) is 2. The van der Waals surface area contributed by atoms with Gasteiger partial charge in [0, 0.05) is 5.69 Å². The first-order chi connectivity index (χ1) is 14.0. The zero-order chi connectivity index (χ0) is 20.3. The Kier molecular flexibility index (Phi) is 5.22.